The summed E-state index contributed by atoms with van der Waals surface area (Å²) in [5, 5.41) is 13.8. The average Bonchev–Trinajstić information content (AvgIpc) is 2.81. The lowest BCUT2D eigenvalue weighted by atomic mass is 10.1. The molecule has 1 atom stereocenters. The van der Waals surface area contributed by atoms with Gasteiger partial charge in [-0.3, -0.25) is 14.9 Å². The number of hydrogen-bond donors (Lipinski definition) is 2. The van der Waals surface area contributed by atoms with Crippen LogP contribution in [0.15, 0.2) is 71.6 Å². The standard InChI is InChI=1S/C25H27N3O6S/c1-4-34-24-13-12-21(14-18(24)3)35(32,33)27-23(15-19-8-6-5-7-9-19)25(29)26-22-16-20(28(30)31)11-10-17(22)2/h5-14,16,23,27H,4,15H2,1-3H3,(H,26,29)/t23-/m1/s1. The molecule has 1 amide bonds. The molecule has 184 valence electrons. The number of aryl methyl sites for hydroxylation is 2. The van der Waals surface area contributed by atoms with Gasteiger partial charge < -0.3 is 10.1 Å². The van der Waals surface area contributed by atoms with Crippen LogP contribution < -0.4 is 14.8 Å². The van der Waals surface area contributed by atoms with E-state index in [0.29, 0.717) is 23.5 Å². The third-order valence-electron chi connectivity index (χ3n) is 5.34. The summed E-state index contributed by atoms with van der Waals surface area (Å²) in [7, 11) is -4.08. The predicted molar refractivity (Wildman–Crippen MR) is 133 cm³/mol. The largest absolute Gasteiger partial charge is 0.494 e. The van der Waals surface area contributed by atoms with Gasteiger partial charge in [0.05, 0.1) is 22.1 Å². The van der Waals surface area contributed by atoms with E-state index in [2.05, 4.69) is 10.0 Å². The molecule has 0 saturated heterocycles. The van der Waals surface area contributed by atoms with Crippen molar-refractivity contribution >= 4 is 27.3 Å². The van der Waals surface area contributed by atoms with Gasteiger partial charge in [0.25, 0.3) is 5.69 Å². The number of nitro groups is 1. The van der Waals surface area contributed by atoms with Gasteiger partial charge in [0, 0.05) is 12.1 Å². The topological polar surface area (TPSA) is 128 Å². The maximum absolute atomic E-state index is 13.2. The van der Waals surface area contributed by atoms with Crippen molar-refractivity contribution in [1.82, 2.24) is 4.72 Å². The number of anilines is 1. The van der Waals surface area contributed by atoms with Crippen molar-refractivity contribution in [3.8, 4) is 5.75 Å². The van der Waals surface area contributed by atoms with E-state index in [4.69, 9.17) is 4.74 Å². The Labute approximate surface area is 204 Å². The van der Waals surface area contributed by atoms with E-state index in [1.54, 1.807) is 44.2 Å². The maximum atomic E-state index is 13.2. The number of nitrogens with one attached hydrogen (secondary N) is 2. The number of nitro benzene ring substituents is 1. The zero-order valence-corrected chi connectivity index (χ0v) is 20.5. The monoisotopic (exact) mass is 497 g/mol. The summed E-state index contributed by atoms with van der Waals surface area (Å²) in [6.07, 6.45) is 0.0793. The fourth-order valence-corrected chi connectivity index (χ4v) is 4.76. The van der Waals surface area contributed by atoms with Gasteiger partial charge in [-0.15, -0.1) is 0 Å². The Kier molecular flexibility index (Phi) is 8.21. The zero-order valence-electron chi connectivity index (χ0n) is 19.6. The first-order valence-electron chi connectivity index (χ1n) is 11.0. The maximum Gasteiger partial charge on any atom is 0.271 e. The van der Waals surface area contributed by atoms with Gasteiger partial charge in [0.15, 0.2) is 0 Å². The molecular weight excluding hydrogens is 470 g/mol. The van der Waals surface area contributed by atoms with E-state index >= 15 is 0 Å². The second kappa shape index (κ2) is 11.1. The second-order valence-corrected chi connectivity index (χ2v) is 9.68. The van der Waals surface area contributed by atoms with Gasteiger partial charge in [0.1, 0.15) is 11.8 Å². The Balaban J connectivity index is 1.91. The molecule has 0 aromatic heterocycles. The highest BCUT2D eigenvalue weighted by Gasteiger charge is 2.27. The van der Waals surface area contributed by atoms with Crippen molar-refractivity contribution in [3.05, 3.63) is 93.5 Å². The summed E-state index contributed by atoms with van der Waals surface area (Å²) in [6.45, 7) is 5.71. The first kappa shape index (κ1) is 25.9. The molecule has 0 unspecified atom stereocenters. The Hall–Kier alpha value is -3.76. The average molecular weight is 498 g/mol. The van der Waals surface area contributed by atoms with Crippen molar-refractivity contribution in [2.75, 3.05) is 11.9 Å². The summed E-state index contributed by atoms with van der Waals surface area (Å²) >= 11 is 0. The molecule has 3 aromatic rings. The van der Waals surface area contributed by atoms with Gasteiger partial charge in [0.2, 0.25) is 15.9 Å². The highest BCUT2D eigenvalue weighted by molar-refractivity contribution is 7.89. The zero-order chi connectivity index (χ0) is 25.6. The number of carbonyl (C=O) groups is 1. The van der Waals surface area contributed by atoms with Gasteiger partial charge in [-0.1, -0.05) is 36.4 Å². The quantitative estimate of drug-likeness (QED) is 0.320. The molecule has 0 heterocycles. The predicted octanol–water partition coefficient (Wildman–Crippen LogP) is 4.14. The van der Waals surface area contributed by atoms with Crippen LogP contribution in [0.5, 0.6) is 5.75 Å². The number of non-ortho nitro benzene ring substituents is 1. The fourth-order valence-electron chi connectivity index (χ4n) is 3.48. The summed E-state index contributed by atoms with van der Waals surface area (Å²) < 4.78 is 34.4. The van der Waals surface area contributed by atoms with Gasteiger partial charge in [-0.05, 0) is 62.1 Å². The number of carbonyl (C=O) groups excluding carboxylic acids is 1. The first-order chi connectivity index (χ1) is 16.6. The molecule has 10 heteroatoms. The van der Waals surface area contributed by atoms with Crippen LogP contribution in [0.25, 0.3) is 0 Å². The molecule has 9 nitrogen and oxygen atoms in total. The molecule has 0 aliphatic carbocycles. The van der Waals surface area contributed by atoms with Crippen molar-refractivity contribution in [1.29, 1.82) is 0 Å². The van der Waals surface area contributed by atoms with Crippen LogP contribution in [-0.4, -0.2) is 31.9 Å². The molecule has 0 bridgehead atoms. The fraction of sp³-hybridized carbons (Fsp3) is 0.240. The number of benzene rings is 3. The van der Waals surface area contributed by atoms with E-state index in [1.807, 2.05) is 13.0 Å². The second-order valence-electron chi connectivity index (χ2n) is 7.97. The van der Waals surface area contributed by atoms with E-state index in [0.717, 1.165) is 5.56 Å². The lowest BCUT2D eigenvalue weighted by Crippen LogP contribution is -2.45. The molecule has 2 N–H and O–H groups in total. The molecule has 3 rings (SSSR count). The molecule has 0 fully saturated rings. The highest BCUT2D eigenvalue weighted by Crippen LogP contribution is 2.24. The van der Waals surface area contributed by atoms with E-state index in [1.165, 1.54) is 30.3 Å². The summed E-state index contributed by atoms with van der Waals surface area (Å²) in [4.78, 5) is 23.8. The molecule has 0 aliphatic rings. The van der Waals surface area contributed by atoms with Crippen LogP contribution in [0.1, 0.15) is 23.6 Å². The van der Waals surface area contributed by atoms with Crippen molar-refractivity contribution in [3.63, 3.8) is 0 Å². The Bertz CT molecular complexity index is 1330. The Morgan fingerprint density at radius 3 is 2.37 bits per heavy atom. The van der Waals surface area contributed by atoms with Crippen LogP contribution in [0.3, 0.4) is 0 Å². The minimum absolute atomic E-state index is 0.00385. The smallest absolute Gasteiger partial charge is 0.271 e. The normalized spacial score (nSPS) is 12.1. The van der Waals surface area contributed by atoms with Gasteiger partial charge >= 0.3 is 0 Å². The molecule has 0 spiro atoms. The summed E-state index contributed by atoms with van der Waals surface area (Å²) in [5.74, 6) is -0.0603. The lowest BCUT2D eigenvalue weighted by Gasteiger charge is -2.20. The molecule has 0 saturated carbocycles. The van der Waals surface area contributed by atoms with Crippen LogP contribution >= 0.6 is 0 Å². The van der Waals surface area contributed by atoms with Crippen LogP contribution in [-0.2, 0) is 21.2 Å². The van der Waals surface area contributed by atoms with Crippen LogP contribution in [0, 0.1) is 24.0 Å². The third kappa shape index (κ3) is 6.65. The minimum atomic E-state index is -4.08. The summed E-state index contributed by atoms with van der Waals surface area (Å²) in [5.41, 5.74) is 2.04. The van der Waals surface area contributed by atoms with Crippen LogP contribution in [0.4, 0.5) is 11.4 Å². The minimum Gasteiger partial charge on any atom is -0.494 e. The molecular formula is C25H27N3O6S. The van der Waals surface area contributed by atoms with E-state index < -0.39 is 26.9 Å². The van der Waals surface area contributed by atoms with Crippen molar-refractivity contribution in [2.45, 2.75) is 38.1 Å². The van der Waals surface area contributed by atoms with Crippen LogP contribution in [0.2, 0.25) is 0 Å². The highest BCUT2D eigenvalue weighted by atomic mass is 32.2. The number of amides is 1. The van der Waals surface area contributed by atoms with E-state index in [9.17, 15) is 23.3 Å². The number of sulfonamides is 1. The first-order valence-corrected chi connectivity index (χ1v) is 12.4. The number of hydrogen-bond acceptors (Lipinski definition) is 6. The van der Waals surface area contributed by atoms with Crippen molar-refractivity contribution < 1.29 is 22.9 Å². The van der Waals surface area contributed by atoms with E-state index in [-0.39, 0.29) is 22.7 Å². The number of nitrogens with zero attached hydrogens (tertiary/aromatic N) is 1. The Morgan fingerprint density at radius 2 is 1.74 bits per heavy atom. The number of rotatable bonds is 10. The van der Waals surface area contributed by atoms with Crippen molar-refractivity contribution in [2.24, 2.45) is 0 Å². The third-order valence-corrected chi connectivity index (χ3v) is 6.81. The van der Waals surface area contributed by atoms with Gasteiger partial charge in [-0.2, -0.15) is 4.72 Å². The van der Waals surface area contributed by atoms with Gasteiger partial charge in [-0.25, -0.2) is 8.42 Å². The molecule has 35 heavy (non-hydrogen) atoms. The lowest BCUT2D eigenvalue weighted by molar-refractivity contribution is -0.384. The molecule has 0 aliphatic heterocycles. The SMILES string of the molecule is CCOc1ccc(S(=O)(=O)N[C@H](Cc2ccccc2)C(=O)Nc2cc([N+](=O)[O-])ccc2C)cc1C. The molecule has 0 radical (unpaired) electrons. The summed E-state index contributed by atoms with van der Waals surface area (Å²) in [6, 6.07) is 16.4. The Morgan fingerprint density at radius 1 is 1.03 bits per heavy atom. The number of ether oxygens (including phenoxy) is 1. The molecule has 3 aromatic carbocycles.